The smallest absolute Gasteiger partial charge is 0.160 e. The van der Waals surface area contributed by atoms with Gasteiger partial charge in [-0.15, -0.1) is 0 Å². The van der Waals surface area contributed by atoms with Crippen LogP contribution in [0.3, 0.4) is 0 Å². The third kappa shape index (κ3) is 4.46. The van der Waals surface area contributed by atoms with E-state index in [1.165, 1.54) is 51.4 Å². The Balaban J connectivity index is 1.72. The highest BCUT2D eigenvalue weighted by atomic mass is 16.7. The van der Waals surface area contributed by atoms with Crippen LogP contribution >= 0.6 is 0 Å². The molecule has 0 aromatic heterocycles. The lowest BCUT2D eigenvalue weighted by molar-refractivity contribution is -0.107. The Morgan fingerprint density at radius 2 is 1.79 bits per heavy atom. The molecule has 1 unspecified atom stereocenters. The van der Waals surface area contributed by atoms with E-state index < -0.39 is 0 Å². The molecule has 2 nitrogen and oxygen atoms in total. The van der Waals surface area contributed by atoms with Crippen molar-refractivity contribution in [3.8, 4) is 0 Å². The molecule has 2 heteroatoms. The Hall–Kier alpha value is -0.0800. The van der Waals surface area contributed by atoms with Crippen LogP contribution in [0.2, 0.25) is 0 Å². The first-order valence-electron chi connectivity index (χ1n) is 8.47. The summed E-state index contributed by atoms with van der Waals surface area (Å²) in [6, 6.07) is 0. The van der Waals surface area contributed by atoms with E-state index in [2.05, 4.69) is 20.8 Å². The molecule has 2 fully saturated rings. The highest BCUT2D eigenvalue weighted by Gasteiger charge is 2.34. The monoisotopic (exact) mass is 268 g/mol. The molecule has 2 aliphatic rings. The summed E-state index contributed by atoms with van der Waals surface area (Å²) in [6.07, 6.45) is 11.0. The van der Waals surface area contributed by atoms with Gasteiger partial charge in [-0.2, -0.15) is 0 Å². The average Bonchev–Trinajstić information content (AvgIpc) is 2.88. The van der Waals surface area contributed by atoms with E-state index in [1.807, 2.05) is 0 Å². The summed E-state index contributed by atoms with van der Waals surface area (Å²) in [5.74, 6) is 2.23. The minimum absolute atomic E-state index is 0.110. The van der Waals surface area contributed by atoms with Crippen LogP contribution < -0.4 is 0 Å². The second-order valence-electron chi connectivity index (χ2n) is 6.84. The molecule has 1 saturated heterocycles. The lowest BCUT2D eigenvalue weighted by Gasteiger charge is -2.27. The molecule has 0 bridgehead atoms. The summed E-state index contributed by atoms with van der Waals surface area (Å²) in [4.78, 5) is 0. The molecule has 0 radical (unpaired) electrons. The van der Waals surface area contributed by atoms with Crippen molar-refractivity contribution in [2.75, 3.05) is 6.61 Å². The molecule has 112 valence electrons. The Morgan fingerprint density at radius 3 is 2.47 bits per heavy atom. The Bertz CT molecular complexity index is 248. The molecular weight excluding hydrogens is 236 g/mol. The molecule has 0 N–H and O–H groups in total. The Labute approximate surface area is 119 Å². The second kappa shape index (κ2) is 7.64. The van der Waals surface area contributed by atoms with Gasteiger partial charge in [0.15, 0.2) is 6.29 Å². The topological polar surface area (TPSA) is 18.5 Å². The Morgan fingerprint density at radius 1 is 1.05 bits per heavy atom. The first-order valence-corrected chi connectivity index (χ1v) is 8.47. The van der Waals surface area contributed by atoms with Gasteiger partial charge in [0, 0.05) is 5.92 Å². The van der Waals surface area contributed by atoms with Crippen molar-refractivity contribution in [1.82, 2.24) is 0 Å². The van der Waals surface area contributed by atoms with Crippen molar-refractivity contribution in [3.05, 3.63) is 0 Å². The van der Waals surface area contributed by atoms with Crippen LogP contribution in [0.25, 0.3) is 0 Å². The summed E-state index contributed by atoms with van der Waals surface area (Å²) < 4.78 is 12.1. The first kappa shape index (κ1) is 15.3. The van der Waals surface area contributed by atoms with Gasteiger partial charge in [0.25, 0.3) is 0 Å². The van der Waals surface area contributed by atoms with Gasteiger partial charge >= 0.3 is 0 Å². The lowest BCUT2D eigenvalue weighted by Crippen LogP contribution is -2.25. The normalized spacial score (nSPS) is 32.4. The summed E-state index contributed by atoms with van der Waals surface area (Å²) in [5, 5.41) is 0. The average molecular weight is 268 g/mol. The SMILES string of the molecule is CCC[C@H](C)[C@@H](C)C[C@@H]1COC(C2CCCCC2)O1. The van der Waals surface area contributed by atoms with Gasteiger partial charge in [-0.25, -0.2) is 0 Å². The summed E-state index contributed by atoms with van der Waals surface area (Å²) in [6.45, 7) is 7.85. The van der Waals surface area contributed by atoms with Crippen molar-refractivity contribution in [1.29, 1.82) is 0 Å². The molecule has 0 aromatic carbocycles. The van der Waals surface area contributed by atoms with E-state index in [0.717, 1.165) is 18.4 Å². The largest absolute Gasteiger partial charge is 0.350 e. The van der Waals surface area contributed by atoms with E-state index in [-0.39, 0.29) is 6.29 Å². The van der Waals surface area contributed by atoms with Crippen LogP contribution in [0, 0.1) is 17.8 Å². The third-order valence-electron chi connectivity index (χ3n) is 5.16. The van der Waals surface area contributed by atoms with Crippen molar-refractivity contribution >= 4 is 0 Å². The molecule has 0 aromatic rings. The maximum absolute atomic E-state index is 6.18. The third-order valence-corrected chi connectivity index (χ3v) is 5.16. The maximum Gasteiger partial charge on any atom is 0.160 e. The van der Waals surface area contributed by atoms with Gasteiger partial charge < -0.3 is 9.47 Å². The van der Waals surface area contributed by atoms with Crippen LogP contribution in [0.4, 0.5) is 0 Å². The Kier molecular flexibility index (Phi) is 6.15. The van der Waals surface area contributed by atoms with E-state index >= 15 is 0 Å². The molecule has 19 heavy (non-hydrogen) atoms. The zero-order chi connectivity index (χ0) is 13.7. The first-order chi connectivity index (χ1) is 9.20. The standard InChI is InChI=1S/C17H32O2/c1-4-8-13(2)14(3)11-16-12-18-17(19-16)15-9-6-5-7-10-15/h13-17H,4-12H2,1-3H3/t13-,14-,16+,17?/m0/s1. The van der Waals surface area contributed by atoms with Crippen LogP contribution in [0.1, 0.15) is 72.1 Å². The fourth-order valence-corrected chi connectivity index (χ4v) is 3.63. The quantitative estimate of drug-likeness (QED) is 0.691. The molecule has 1 saturated carbocycles. The molecule has 2 rings (SSSR count). The minimum Gasteiger partial charge on any atom is -0.350 e. The zero-order valence-corrected chi connectivity index (χ0v) is 13.1. The van der Waals surface area contributed by atoms with Crippen molar-refractivity contribution < 1.29 is 9.47 Å². The predicted molar refractivity (Wildman–Crippen MR) is 79.0 cm³/mol. The van der Waals surface area contributed by atoms with Gasteiger partial charge in [0.05, 0.1) is 12.7 Å². The van der Waals surface area contributed by atoms with Gasteiger partial charge in [-0.05, 0) is 31.1 Å². The predicted octanol–water partition coefficient (Wildman–Crippen LogP) is 4.77. The second-order valence-corrected chi connectivity index (χ2v) is 6.84. The van der Waals surface area contributed by atoms with Gasteiger partial charge in [-0.1, -0.05) is 52.9 Å². The zero-order valence-electron chi connectivity index (χ0n) is 13.1. The molecule has 0 amide bonds. The number of hydrogen-bond donors (Lipinski definition) is 0. The van der Waals surface area contributed by atoms with Gasteiger partial charge in [-0.3, -0.25) is 0 Å². The number of hydrogen-bond acceptors (Lipinski definition) is 2. The molecule has 1 heterocycles. The molecule has 4 atom stereocenters. The number of rotatable bonds is 6. The van der Waals surface area contributed by atoms with Crippen LogP contribution in [-0.4, -0.2) is 19.0 Å². The summed E-state index contributed by atoms with van der Waals surface area (Å²) in [5.41, 5.74) is 0. The van der Waals surface area contributed by atoms with E-state index in [0.29, 0.717) is 12.0 Å². The fourth-order valence-electron chi connectivity index (χ4n) is 3.63. The van der Waals surface area contributed by atoms with Crippen molar-refractivity contribution in [2.24, 2.45) is 17.8 Å². The minimum atomic E-state index is 0.110. The van der Waals surface area contributed by atoms with E-state index in [1.54, 1.807) is 0 Å². The lowest BCUT2D eigenvalue weighted by atomic mass is 9.87. The van der Waals surface area contributed by atoms with E-state index in [9.17, 15) is 0 Å². The van der Waals surface area contributed by atoms with Crippen LogP contribution in [0.15, 0.2) is 0 Å². The van der Waals surface area contributed by atoms with Crippen LogP contribution in [0.5, 0.6) is 0 Å². The molecule has 1 aliphatic carbocycles. The molecular formula is C17H32O2. The summed E-state index contributed by atoms with van der Waals surface area (Å²) >= 11 is 0. The van der Waals surface area contributed by atoms with Crippen molar-refractivity contribution in [3.63, 3.8) is 0 Å². The highest BCUT2D eigenvalue weighted by molar-refractivity contribution is 4.77. The van der Waals surface area contributed by atoms with Gasteiger partial charge in [0.1, 0.15) is 0 Å². The van der Waals surface area contributed by atoms with Crippen LogP contribution in [-0.2, 0) is 9.47 Å². The van der Waals surface area contributed by atoms with Crippen molar-refractivity contribution in [2.45, 2.75) is 84.5 Å². The van der Waals surface area contributed by atoms with E-state index in [4.69, 9.17) is 9.47 Å². The molecule has 1 aliphatic heterocycles. The summed E-state index contributed by atoms with van der Waals surface area (Å²) in [7, 11) is 0. The van der Waals surface area contributed by atoms with Gasteiger partial charge in [0.2, 0.25) is 0 Å². The fraction of sp³-hybridized carbons (Fsp3) is 1.00. The highest BCUT2D eigenvalue weighted by Crippen LogP contribution is 2.33. The molecule has 0 spiro atoms. The number of ether oxygens (including phenoxy) is 2. The maximum atomic E-state index is 6.18.